The Hall–Kier alpha value is 0.270. The first-order valence-corrected chi connectivity index (χ1v) is 5.57. The molecule has 0 saturated carbocycles. The van der Waals surface area contributed by atoms with Crippen LogP contribution < -0.4 is 5.73 Å². The van der Waals surface area contributed by atoms with Gasteiger partial charge in [-0.3, -0.25) is 0 Å². The van der Waals surface area contributed by atoms with E-state index in [1.165, 1.54) is 25.7 Å². The largest absolute Gasteiger partial charge is 0.328 e. The van der Waals surface area contributed by atoms with Crippen molar-refractivity contribution in [3.63, 3.8) is 0 Å². The minimum atomic E-state index is 0.482. The van der Waals surface area contributed by atoms with Crippen molar-refractivity contribution in [1.29, 1.82) is 0 Å². The van der Waals surface area contributed by atoms with E-state index in [1.807, 2.05) is 11.9 Å². The van der Waals surface area contributed by atoms with Gasteiger partial charge >= 0.3 is 0 Å². The van der Waals surface area contributed by atoms with E-state index in [4.69, 9.17) is 5.73 Å². The lowest BCUT2D eigenvalue weighted by atomic mass is 10.0. The Labute approximate surface area is 72.6 Å². The molecule has 2 bridgehead atoms. The van der Waals surface area contributed by atoms with Gasteiger partial charge in [-0.25, -0.2) is 4.31 Å². The molecule has 2 atom stereocenters. The Balaban J connectivity index is 2.06. The average Bonchev–Trinajstić information content (AvgIpc) is 2.23. The molecule has 2 unspecified atom stereocenters. The highest BCUT2D eigenvalue weighted by Gasteiger charge is 2.39. The van der Waals surface area contributed by atoms with Crippen LogP contribution in [-0.4, -0.2) is 28.7 Å². The fourth-order valence-electron chi connectivity index (χ4n) is 2.47. The molecule has 2 nitrogen and oxygen atoms in total. The summed E-state index contributed by atoms with van der Waals surface area (Å²) in [5, 5.41) is 0. The summed E-state index contributed by atoms with van der Waals surface area (Å²) in [6, 6.07) is 2.06. The van der Waals surface area contributed by atoms with Crippen molar-refractivity contribution < 1.29 is 0 Å². The Kier molecular flexibility index (Phi) is 2.12. The molecular weight excluding hydrogens is 156 g/mol. The molecule has 11 heavy (non-hydrogen) atoms. The molecule has 2 fully saturated rings. The highest BCUT2D eigenvalue weighted by Crippen LogP contribution is 2.38. The van der Waals surface area contributed by atoms with E-state index in [1.54, 1.807) is 0 Å². The fourth-order valence-corrected chi connectivity index (χ4v) is 3.45. The number of nitrogens with two attached hydrogens (primary N) is 1. The van der Waals surface area contributed by atoms with Crippen LogP contribution in [-0.2, 0) is 0 Å². The van der Waals surface area contributed by atoms with Crippen LogP contribution >= 0.6 is 11.9 Å². The number of piperidine rings is 1. The lowest BCUT2D eigenvalue weighted by Gasteiger charge is -2.35. The predicted octanol–water partition coefficient (Wildman–Crippen LogP) is 1.22. The van der Waals surface area contributed by atoms with Crippen molar-refractivity contribution in [2.45, 2.75) is 43.8 Å². The molecule has 3 heteroatoms. The van der Waals surface area contributed by atoms with Crippen molar-refractivity contribution in [3.05, 3.63) is 0 Å². The summed E-state index contributed by atoms with van der Waals surface area (Å²) in [6.45, 7) is 0. The first-order chi connectivity index (χ1) is 5.31. The summed E-state index contributed by atoms with van der Waals surface area (Å²) in [5.74, 6) is 0. The van der Waals surface area contributed by atoms with Gasteiger partial charge in [0.1, 0.15) is 0 Å². The molecule has 64 valence electrons. The lowest BCUT2D eigenvalue weighted by Crippen LogP contribution is -2.43. The van der Waals surface area contributed by atoms with E-state index in [0.29, 0.717) is 6.04 Å². The van der Waals surface area contributed by atoms with Gasteiger partial charge in [0, 0.05) is 18.1 Å². The molecule has 0 aromatic heterocycles. The summed E-state index contributed by atoms with van der Waals surface area (Å²) >= 11 is 1.90. The number of rotatable bonds is 1. The smallest absolute Gasteiger partial charge is 0.0220 e. The topological polar surface area (TPSA) is 29.3 Å². The van der Waals surface area contributed by atoms with E-state index >= 15 is 0 Å². The van der Waals surface area contributed by atoms with Crippen LogP contribution in [0.4, 0.5) is 0 Å². The molecule has 0 aliphatic carbocycles. The summed E-state index contributed by atoms with van der Waals surface area (Å²) < 4.78 is 2.56. The third-order valence-electron chi connectivity index (χ3n) is 2.91. The molecule has 2 saturated heterocycles. The average molecular weight is 172 g/mol. The van der Waals surface area contributed by atoms with Gasteiger partial charge in [-0.05, 0) is 31.9 Å². The molecule has 2 aliphatic rings. The molecule has 2 aliphatic heterocycles. The van der Waals surface area contributed by atoms with Gasteiger partial charge in [-0.1, -0.05) is 11.9 Å². The Morgan fingerprint density at radius 1 is 1.27 bits per heavy atom. The van der Waals surface area contributed by atoms with Gasteiger partial charge in [0.05, 0.1) is 0 Å². The van der Waals surface area contributed by atoms with Crippen LogP contribution in [0.1, 0.15) is 25.7 Å². The number of nitrogens with zero attached hydrogens (tertiary/aromatic N) is 1. The lowest BCUT2D eigenvalue weighted by molar-refractivity contribution is 0.247. The van der Waals surface area contributed by atoms with Gasteiger partial charge in [0.2, 0.25) is 0 Å². The highest BCUT2D eigenvalue weighted by molar-refractivity contribution is 7.96. The quantitative estimate of drug-likeness (QED) is 0.603. The zero-order valence-corrected chi connectivity index (χ0v) is 7.81. The Morgan fingerprint density at radius 3 is 2.27 bits per heavy atom. The van der Waals surface area contributed by atoms with Crippen LogP contribution in [0, 0.1) is 0 Å². The van der Waals surface area contributed by atoms with Crippen molar-refractivity contribution in [2.75, 3.05) is 6.26 Å². The van der Waals surface area contributed by atoms with E-state index in [-0.39, 0.29) is 0 Å². The molecule has 0 spiro atoms. The SMILES string of the molecule is CSN1C2CCC1CC(N)C2. The molecule has 0 aromatic rings. The van der Waals surface area contributed by atoms with Gasteiger partial charge in [0.15, 0.2) is 0 Å². The highest BCUT2D eigenvalue weighted by atomic mass is 32.2. The van der Waals surface area contributed by atoms with Gasteiger partial charge in [0.25, 0.3) is 0 Å². The maximum Gasteiger partial charge on any atom is 0.0220 e. The summed E-state index contributed by atoms with van der Waals surface area (Å²) in [4.78, 5) is 0. The molecule has 2 heterocycles. The van der Waals surface area contributed by atoms with E-state index in [0.717, 1.165) is 12.1 Å². The van der Waals surface area contributed by atoms with Crippen molar-refractivity contribution in [1.82, 2.24) is 4.31 Å². The predicted molar refractivity (Wildman–Crippen MR) is 49.4 cm³/mol. The first kappa shape index (κ1) is 7.90. The standard InChI is InChI=1S/C8H16N2S/c1-11-10-7-2-3-8(10)5-6(9)4-7/h6-8H,2-5,9H2,1H3. The van der Waals surface area contributed by atoms with Crippen LogP contribution in [0.3, 0.4) is 0 Å². The Morgan fingerprint density at radius 2 is 1.82 bits per heavy atom. The first-order valence-electron chi connectivity index (χ1n) is 4.39. The summed E-state index contributed by atoms with van der Waals surface area (Å²) in [6.07, 6.45) is 7.37. The van der Waals surface area contributed by atoms with Crippen LogP contribution in [0.15, 0.2) is 0 Å². The van der Waals surface area contributed by atoms with Crippen molar-refractivity contribution >= 4 is 11.9 Å². The minimum Gasteiger partial charge on any atom is -0.328 e. The second-order valence-electron chi connectivity index (χ2n) is 3.66. The number of hydrogen-bond acceptors (Lipinski definition) is 3. The molecule has 0 aromatic carbocycles. The van der Waals surface area contributed by atoms with Crippen LogP contribution in [0.2, 0.25) is 0 Å². The number of hydrogen-bond donors (Lipinski definition) is 1. The van der Waals surface area contributed by atoms with E-state index in [2.05, 4.69) is 10.6 Å². The Bertz CT molecular complexity index is 137. The zero-order valence-electron chi connectivity index (χ0n) is 6.99. The third-order valence-corrected chi connectivity index (χ3v) is 3.93. The summed E-state index contributed by atoms with van der Waals surface area (Å²) in [5.41, 5.74) is 5.94. The normalized spacial score (nSPS) is 44.7. The van der Waals surface area contributed by atoms with Gasteiger partial charge in [-0.15, -0.1) is 0 Å². The monoisotopic (exact) mass is 172 g/mol. The molecule has 0 radical (unpaired) electrons. The van der Waals surface area contributed by atoms with E-state index < -0.39 is 0 Å². The molecule has 2 rings (SSSR count). The minimum absolute atomic E-state index is 0.482. The maximum atomic E-state index is 5.94. The molecule has 2 N–H and O–H groups in total. The maximum absolute atomic E-state index is 5.94. The zero-order chi connectivity index (χ0) is 7.84. The van der Waals surface area contributed by atoms with Crippen molar-refractivity contribution in [2.24, 2.45) is 5.73 Å². The van der Waals surface area contributed by atoms with Gasteiger partial charge in [-0.2, -0.15) is 0 Å². The fraction of sp³-hybridized carbons (Fsp3) is 1.00. The second kappa shape index (κ2) is 2.96. The third kappa shape index (κ3) is 1.30. The number of fused-ring (bicyclic) bond motifs is 2. The van der Waals surface area contributed by atoms with E-state index in [9.17, 15) is 0 Å². The molecule has 0 amide bonds. The van der Waals surface area contributed by atoms with Crippen LogP contribution in [0.25, 0.3) is 0 Å². The second-order valence-corrected chi connectivity index (χ2v) is 4.45. The molecular formula is C8H16N2S. The van der Waals surface area contributed by atoms with Crippen molar-refractivity contribution in [3.8, 4) is 0 Å². The summed E-state index contributed by atoms with van der Waals surface area (Å²) in [7, 11) is 0. The van der Waals surface area contributed by atoms with Crippen LogP contribution in [0.5, 0.6) is 0 Å². The van der Waals surface area contributed by atoms with Gasteiger partial charge < -0.3 is 5.73 Å².